The van der Waals surface area contributed by atoms with Gasteiger partial charge >= 0.3 is 0 Å². The molecule has 2 heterocycles. The average Bonchev–Trinajstić information content (AvgIpc) is 2.80. The number of rotatable bonds is 3. The van der Waals surface area contributed by atoms with E-state index in [0.29, 0.717) is 5.82 Å². The van der Waals surface area contributed by atoms with E-state index in [0.717, 1.165) is 35.9 Å². The summed E-state index contributed by atoms with van der Waals surface area (Å²) < 4.78 is 1.98. The minimum Gasteiger partial charge on any atom is -0.383 e. The van der Waals surface area contributed by atoms with Crippen molar-refractivity contribution >= 4 is 5.82 Å². The van der Waals surface area contributed by atoms with Crippen molar-refractivity contribution in [3.8, 4) is 5.82 Å². The molecule has 0 spiro atoms. The van der Waals surface area contributed by atoms with Crippen molar-refractivity contribution in [3.63, 3.8) is 0 Å². The molecule has 2 aromatic rings. The predicted octanol–water partition coefficient (Wildman–Crippen LogP) is 1.68. The molecule has 0 atom stereocenters. The number of hydrogen-bond donors (Lipinski definition) is 1. The van der Waals surface area contributed by atoms with Crippen molar-refractivity contribution in [2.45, 2.75) is 33.6 Å². The molecule has 0 aliphatic rings. The Morgan fingerprint density at radius 1 is 1.24 bits per heavy atom. The molecule has 0 saturated carbocycles. The summed E-state index contributed by atoms with van der Waals surface area (Å²) in [5.41, 5.74) is 6.81. The van der Waals surface area contributed by atoms with Crippen LogP contribution in [0, 0.1) is 6.92 Å². The largest absolute Gasteiger partial charge is 0.383 e. The van der Waals surface area contributed by atoms with Gasteiger partial charge in [0.15, 0.2) is 0 Å². The van der Waals surface area contributed by atoms with Crippen LogP contribution < -0.4 is 5.73 Å². The Kier molecular flexibility index (Phi) is 3.08. The van der Waals surface area contributed by atoms with Crippen LogP contribution in [-0.4, -0.2) is 19.5 Å². The Bertz CT molecular complexity index is 530. The van der Waals surface area contributed by atoms with Crippen LogP contribution in [0.5, 0.6) is 0 Å². The zero-order chi connectivity index (χ0) is 12.4. The lowest BCUT2D eigenvalue weighted by Gasteiger charge is -2.11. The topological polar surface area (TPSA) is 69.6 Å². The maximum absolute atomic E-state index is 5.91. The second-order valence-electron chi connectivity index (χ2n) is 3.89. The second kappa shape index (κ2) is 4.53. The summed E-state index contributed by atoms with van der Waals surface area (Å²) in [5, 5.41) is 0. The van der Waals surface area contributed by atoms with E-state index >= 15 is 0 Å². The van der Waals surface area contributed by atoms with Crippen LogP contribution in [0.15, 0.2) is 12.4 Å². The lowest BCUT2D eigenvalue weighted by atomic mass is 10.3. The summed E-state index contributed by atoms with van der Waals surface area (Å²) in [4.78, 5) is 13.1. The molecule has 2 N–H and O–H groups in total. The first-order chi connectivity index (χ1) is 8.17. The van der Waals surface area contributed by atoms with E-state index in [4.69, 9.17) is 5.73 Å². The number of aryl methyl sites for hydroxylation is 2. The monoisotopic (exact) mass is 231 g/mol. The van der Waals surface area contributed by atoms with Crippen LogP contribution in [0.3, 0.4) is 0 Å². The van der Waals surface area contributed by atoms with E-state index in [1.807, 2.05) is 24.6 Å². The lowest BCUT2D eigenvalue weighted by Crippen LogP contribution is -2.10. The molecule has 17 heavy (non-hydrogen) atoms. The normalized spacial score (nSPS) is 10.8. The number of nitrogens with two attached hydrogens (primary N) is 1. The molecule has 5 heteroatoms. The van der Waals surface area contributed by atoms with Gasteiger partial charge in [0, 0.05) is 30.8 Å². The van der Waals surface area contributed by atoms with E-state index in [1.165, 1.54) is 0 Å². The smallest absolute Gasteiger partial charge is 0.146 e. The summed E-state index contributed by atoms with van der Waals surface area (Å²) in [6.45, 7) is 6.02. The molecule has 2 aromatic heterocycles. The third-order valence-electron chi connectivity index (χ3n) is 2.78. The van der Waals surface area contributed by atoms with Crippen LogP contribution in [-0.2, 0) is 12.8 Å². The number of aromatic nitrogens is 4. The molecule has 0 aliphatic carbocycles. The molecule has 0 radical (unpaired) electrons. The maximum Gasteiger partial charge on any atom is 0.146 e. The summed E-state index contributed by atoms with van der Waals surface area (Å²) in [6.07, 6.45) is 5.32. The maximum atomic E-state index is 5.91. The van der Waals surface area contributed by atoms with Gasteiger partial charge in [-0.1, -0.05) is 13.8 Å². The van der Waals surface area contributed by atoms with E-state index in [1.54, 1.807) is 6.20 Å². The fraction of sp³-hybridized carbons (Fsp3) is 0.417. The van der Waals surface area contributed by atoms with Gasteiger partial charge in [-0.3, -0.25) is 4.57 Å². The molecule has 0 amide bonds. The van der Waals surface area contributed by atoms with Crippen LogP contribution in [0.25, 0.3) is 5.82 Å². The SMILES string of the molecule is CCc1nc(N)c(C)c(-n2ccnc2CC)n1. The highest BCUT2D eigenvalue weighted by molar-refractivity contribution is 5.48. The number of anilines is 1. The van der Waals surface area contributed by atoms with Gasteiger partial charge in [-0.15, -0.1) is 0 Å². The molecular formula is C12H17N5. The molecule has 0 bridgehead atoms. The first kappa shape index (κ1) is 11.6. The van der Waals surface area contributed by atoms with Crippen molar-refractivity contribution < 1.29 is 0 Å². The number of imidazole rings is 1. The van der Waals surface area contributed by atoms with Crippen molar-refractivity contribution in [2.24, 2.45) is 0 Å². The number of nitrogens with zero attached hydrogens (tertiary/aromatic N) is 4. The van der Waals surface area contributed by atoms with Crippen LogP contribution >= 0.6 is 0 Å². The molecule has 90 valence electrons. The molecule has 0 fully saturated rings. The summed E-state index contributed by atoms with van der Waals surface area (Å²) >= 11 is 0. The first-order valence-corrected chi connectivity index (χ1v) is 5.82. The molecule has 0 saturated heterocycles. The van der Waals surface area contributed by atoms with Crippen LogP contribution in [0.1, 0.15) is 31.1 Å². The van der Waals surface area contributed by atoms with Gasteiger partial charge in [-0.25, -0.2) is 15.0 Å². The zero-order valence-electron chi connectivity index (χ0n) is 10.4. The van der Waals surface area contributed by atoms with Crippen molar-refractivity contribution in [1.82, 2.24) is 19.5 Å². The van der Waals surface area contributed by atoms with Gasteiger partial charge in [0.25, 0.3) is 0 Å². The summed E-state index contributed by atoms with van der Waals surface area (Å²) in [7, 11) is 0. The molecule has 0 aromatic carbocycles. The molecule has 0 aliphatic heterocycles. The zero-order valence-corrected chi connectivity index (χ0v) is 10.4. The van der Waals surface area contributed by atoms with E-state index < -0.39 is 0 Å². The second-order valence-corrected chi connectivity index (χ2v) is 3.89. The minimum absolute atomic E-state index is 0.544. The third kappa shape index (κ3) is 2.00. The molecular weight excluding hydrogens is 214 g/mol. The van der Waals surface area contributed by atoms with Gasteiger partial charge in [-0.2, -0.15) is 0 Å². The standard InChI is InChI=1S/C12H17N5/c1-4-9-15-11(13)8(3)12(16-9)17-7-6-14-10(17)5-2/h6-7H,4-5H2,1-3H3,(H2,13,15,16). The Labute approximate surface area is 101 Å². The van der Waals surface area contributed by atoms with Gasteiger partial charge in [0.05, 0.1) is 0 Å². The Balaban J connectivity index is 2.62. The number of nitrogen functional groups attached to an aromatic ring is 1. The van der Waals surface area contributed by atoms with E-state index in [9.17, 15) is 0 Å². The van der Waals surface area contributed by atoms with E-state index in [2.05, 4.69) is 21.9 Å². The Morgan fingerprint density at radius 3 is 2.65 bits per heavy atom. The molecule has 0 unspecified atom stereocenters. The van der Waals surface area contributed by atoms with Gasteiger partial charge < -0.3 is 5.73 Å². The summed E-state index contributed by atoms with van der Waals surface area (Å²) in [5.74, 6) is 3.12. The predicted molar refractivity (Wildman–Crippen MR) is 67.1 cm³/mol. The Hall–Kier alpha value is -1.91. The highest BCUT2D eigenvalue weighted by Crippen LogP contribution is 2.18. The van der Waals surface area contributed by atoms with Gasteiger partial charge in [0.2, 0.25) is 0 Å². The average molecular weight is 231 g/mol. The van der Waals surface area contributed by atoms with Crippen molar-refractivity contribution in [3.05, 3.63) is 29.6 Å². The highest BCUT2D eigenvalue weighted by Gasteiger charge is 2.12. The van der Waals surface area contributed by atoms with Crippen LogP contribution in [0.4, 0.5) is 5.82 Å². The van der Waals surface area contributed by atoms with Gasteiger partial charge in [-0.05, 0) is 6.92 Å². The third-order valence-corrected chi connectivity index (χ3v) is 2.78. The van der Waals surface area contributed by atoms with Gasteiger partial charge in [0.1, 0.15) is 23.3 Å². The molecule has 2 rings (SSSR count). The number of hydrogen-bond acceptors (Lipinski definition) is 4. The quantitative estimate of drug-likeness (QED) is 0.872. The lowest BCUT2D eigenvalue weighted by molar-refractivity contribution is 0.828. The van der Waals surface area contributed by atoms with Crippen molar-refractivity contribution in [2.75, 3.05) is 5.73 Å². The Morgan fingerprint density at radius 2 is 2.00 bits per heavy atom. The molecule has 5 nitrogen and oxygen atoms in total. The fourth-order valence-corrected chi connectivity index (χ4v) is 1.75. The summed E-state index contributed by atoms with van der Waals surface area (Å²) in [6, 6.07) is 0. The fourth-order valence-electron chi connectivity index (χ4n) is 1.75. The van der Waals surface area contributed by atoms with Crippen molar-refractivity contribution in [1.29, 1.82) is 0 Å². The first-order valence-electron chi connectivity index (χ1n) is 5.82. The van der Waals surface area contributed by atoms with E-state index in [-0.39, 0.29) is 0 Å². The van der Waals surface area contributed by atoms with Crippen LogP contribution in [0.2, 0.25) is 0 Å². The minimum atomic E-state index is 0.544. The highest BCUT2D eigenvalue weighted by atomic mass is 15.1.